The van der Waals surface area contributed by atoms with E-state index in [1.165, 1.54) is 18.2 Å². The third-order valence-corrected chi connectivity index (χ3v) is 10.8. The zero-order chi connectivity index (χ0) is 28.3. The Bertz CT molecular complexity index is 1230. The van der Waals surface area contributed by atoms with Crippen LogP contribution in [0.25, 0.3) is 0 Å². The number of likely N-dealkylation sites (tertiary alicyclic amines) is 1. The number of nitrogens with one attached hydrogen (secondary N) is 2. The van der Waals surface area contributed by atoms with Crippen molar-refractivity contribution < 1.29 is 23.5 Å². The van der Waals surface area contributed by atoms with Crippen LogP contribution >= 0.6 is 11.6 Å². The van der Waals surface area contributed by atoms with Crippen molar-refractivity contribution in [2.75, 3.05) is 5.32 Å². The lowest BCUT2D eigenvalue weighted by Gasteiger charge is -2.41. The largest absolute Gasteiger partial charge is 0.359 e. The van der Waals surface area contributed by atoms with Crippen molar-refractivity contribution in [3.8, 4) is 0 Å². The molecule has 0 aromatic heterocycles. The molecule has 6 rings (SSSR count). The van der Waals surface area contributed by atoms with Crippen molar-refractivity contribution in [2.45, 2.75) is 95.5 Å². The molecule has 2 saturated heterocycles. The van der Waals surface area contributed by atoms with Crippen molar-refractivity contribution in [1.29, 1.82) is 0 Å². The second-order valence-corrected chi connectivity index (χ2v) is 13.3. The third kappa shape index (κ3) is 4.46. The van der Waals surface area contributed by atoms with E-state index in [4.69, 9.17) is 16.3 Å². The van der Waals surface area contributed by atoms with Gasteiger partial charge in [-0.3, -0.25) is 14.4 Å². The van der Waals surface area contributed by atoms with E-state index in [-0.39, 0.29) is 28.9 Å². The third-order valence-electron chi connectivity index (χ3n) is 10.5. The van der Waals surface area contributed by atoms with Crippen LogP contribution in [-0.4, -0.2) is 52.5 Å². The lowest BCUT2D eigenvalue weighted by atomic mass is 9.73. The van der Waals surface area contributed by atoms with E-state index in [1.807, 2.05) is 12.2 Å². The van der Waals surface area contributed by atoms with Crippen LogP contribution in [0.2, 0.25) is 5.02 Å². The van der Waals surface area contributed by atoms with Crippen LogP contribution in [0, 0.1) is 35.4 Å². The monoisotopic (exact) mass is 571 g/mol. The van der Waals surface area contributed by atoms with Gasteiger partial charge in [-0.05, 0) is 68.1 Å². The van der Waals surface area contributed by atoms with E-state index in [0.717, 1.165) is 44.9 Å². The molecular formula is C31H39ClFN3O4. The number of fused-ring (bicyclic) bond motifs is 1. The maximum Gasteiger partial charge on any atom is 0.246 e. The molecule has 0 radical (unpaired) electrons. The number of rotatable bonds is 5. The van der Waals surface area contributed by atoms with E-state index in [0.29, 0.717) is 23.4 Å². The molecule has 3 heterocycles. The van der Waals surface area contributed by atoms with Gasteiger partial charge in [0.1, 0.15) is 17.5 Å². The summed E-state index contributed by atoms with van der Waals surface area (Å²) in [6.45, 7) is 6.64. The van der Waals surface area contributed by atoms with Gasteiger partial charge in [0.2, 0.25) is 17.7 Å². The zero-order valence-corrected chi connectivity index (χ0v) is 24.1. The van der Waals surface area contributed by atoms with Gasteiger partial charge in [-0.1, -0.05) is 57.4 Å². The van der Waals surface area contributed by atoms with Crippen LogP contribution in [-0.2, 0) is 19.1 Å². The molecule has 216 valence electrons. The van der Waals surface area contributed by atoms with E-state index in [2.05, 4.69) is 31.4 Å². The van der Waals surface area contributed by atoms with Crippen LogP contribution in [0.1, 0.15) is 65.7 Å². The number of carbonyl (C=O) groups is 3. The summed E-state index contributed by atoms with van der Waals surface area (Å²) in [4.78, 5) is 44.0. The van der Waals surface area contributed by atoms with Crippen LogP contribution < -0.4 is 10.6 Å². The Morgan fingerprint density at radius 1 is 1.07 bits per heavy atom. The van der Waals surface area contributed by atoms with Gasteiger partial charge < -0.3 is 20.3 Å². The summed E-state index contributed by atoms with van der Waals surface area (Å²) >= 11 is 5.93. The lowest BCUT2D eigenvalue weighted by Crippen LogP contribution is -2.59. The molecule has 2 aliphatic carbocycles. The van der Waals surface area contributed by atoms with Gasteiger partial charge in [0.05, 0.1) is 23.0 Å². The number of ether oxygens (including phenoxy) is 1. The molecule has 0 unspecified atom stereocenters. The molecule has 4 fully saturated rings. The zero-order valence-electron chi connectivity index (χ0n) is 23.4. The average Bonchev–Trinajstić information content (AvgIpc) is 3.57. The highest BCUT2D eigenvalue weighted by molar-refractivity contribution is 6.31. The Hall–Kier alpha value is -2.45. The Labute approximate surface area is 240 Å². The molecule has 1 spiro atoms. The minimum Gasteiger partial charge on any atom is -0.359 e. The van der Waals surface area contributed by atoms with Crippen LogP contribution in [0.15, 0.2) is 30.4 Å². The standard InChI is InChI=1S/C31H39ClFN3O4/c1-16-7-10-20(11-8-16)36-27(29(38)35-23-6-4-5-17(2)18(23)3)31-14-13-24(40-31)25(26(31)30(36)39)28(37)34-19-9-12-22(33)21(32)15-19/h9,12-18,20,23-27H,4-8,10-11H2,1-3H3,(H,34,37)(H,35,38)/t16?,17-,18-,20?,23-,24+,25-,26+,27+,31+/m1/s1. The van der Waals surface area contributed by atoms with Crippen molar-refractivity contribution in [2.24, 2.45) is 29.6 Å². The summed E-state index contributed by atoms with van der Waals surface area (Å²) in [5.74, 6) is -1.53. The summed E-state index contributed by atoms with van der Waals surface area (Å²) in [6, 6.07) is 3.12. The number of anilines is 1. The molecule has 2 saturated carbocycles. The summed E-state index contributed by atoms with van der Waals surface area (Å²) < 4.78 is 20.2. The predicted octanol–water partition coefficient (Wildman–Crippen LogP) is 5.09. The molecule has 1 aromatic rings. The first-order chi connectivity index (χ1) is 19.1. The Morgan fingerprint density at radius 3 is 2.55 bits per heavy atom. The number of amides is 3. The SMILES string of the molecule is CC1CCC(N2C(=O)[C@@H]3[C@H](C(=O)Nc4ccc(F)c(Cl)c4)[C@@H]4C=C[C@@]3(O4)[C@@H]2C(=O)N[C@@H]2CCC[C@@H](C)[C@H]2C)CC1. The second kappa shape index (κ2) is 10.4. The molecule has 3 aliphatic heterocycles. The summed E-state index contributed by atoms with van der Waals surface area (Å²) in [7, 11) is 0. The molecule has 8 atom stereocenters. The normalized spacial score (nSPS) is 40.3. The molecule has 40 heavy (non-hydrogen) atoms. The Kier molecular flexibility index (Phi) is 7.22. The predicted molar refractivity (Wildman–Crippen MR) is 150 cm³/mol. The highest BCUT2D eigenvalue weighted by atomic mass is 35.5. The van der Waals surface area contributed by atoms with E-state index in [9.17, 15) is 18.8 Å². The van der Waals surface area contributed by atoms with Crippen LogP contribution in [0.3, 0.4) is 0 Å². The molecule has 1 aromatic carbocycles. The Balaban J connectivity index is 1.31. The summed E-state index contributed by atoms with van der Waals surface area (Å²) in [5, 5.41) is 6.04. The van der Waals surface area contributed by atoms with Crippen molar-refractivity contribution in [1.82, 2.24) is 10.2 Å². The smallest absolute Gasteiger partial charge is 0.246 e. The molecular weight excluding hydrogens is 533 g/mol. The van der Waals surface area contributed by atoms with E-state index < -0.39 is 41.3 Å². The van der Waals surface area contributed by atoms with Gasteiger partial charge in [0, 0.05) is 17.8 Å². The lowest BCUT2D eigenvalue weighted by molar-refractivity contribution is -0.145. The minimum absolute atomic E-state index is 0.0416. The first kappa shape index (κ1) is 27.7. The van der Waals surface area contributed by atoms with Gasteiger partial charge in [0.15, 0.2) is 0 Å². The molecule has 5 aliphatic rings. The van der Waals surface area contributed by atoms with Crippen LogP contribution in [0.5, 0.6) is 0 Å². The fourth-order valence-corrected chi connectivity index (χ4v) is 8.15. The van der Waals surface area contributed by atoms with Gasteiger partial charge >= 0.3 is 0 Å². The topological polar surface area (TPSA) is 87.7 Å². The number of hydrogen-bond donors (Lipinski definition) is 2. The molecule has 7 nitrogen and oxygen atoms in total. The summed E-state index contributed by atoms with van der Waals surface area (Å²) in [6.07, 6.45) is 9.83. The van der Waals surface area contributed by atoms with Crippen molar-refractivity contribution in [3.05, 3.63) is 41.2 Å². The minimum atomic E-state index is -1.19. The maximum atomic E-state index is 14.3. The fraction of sp³-hybridized carbons (Fsp3) is 0.645. The highest BCUT2D eigenvalue weighted by Gasteiger charge is 2.73. The molecule has 9 heteroatoms. The summed E-state index contributed by atoms with van der Waals surface area (Å²) in [5.41, 5.74) is -0.851. The van der Waals surface area contributed by atoms with E-state index in [1.54, 1.807) is 4.90 Å². The Morgan fingerprint density at radius 2 is 1.82 bits per heavy atom. The number of nitrogens with zero attached hydrogens (tertiary/aromatic N) is 1. The average molecular weight is 572 g/mol. The number of carbonyl (C=O) groups excluding carboxylic acids is 3. The van der Waals surface area contributed by atoms with Gasteiger partial charge in [-0.25, -0.2) is 4.39 Å². The molecule has 3 amide bonds. The van der Waals surface area contributed by atoms with Gasteiger partial charge in [0.25, 0.3) is 0 Å². The maximum absolute atomic E-state index is 14.3. The number of benzene rings is 1. The van der Waals surface area contributed by atoms with Gasteiger partial charge in [-0.15, -0.1) is 0 Å². The van der Waals surface area contributed by atoms with Crippen molar-refractivity contribution in [3.63, 3.8) is 0 Å². The quantitative estimate of drug-likeness (QED) is 0.482. The number of halogens is 2. The van der Waals surface area contributed by atoms with Gasteiger partial charge in [-0.2, -0.15) is 0 Å². The molecule has 2 N–H and O–H groups in total. The first-order valence-corrected chi connectivity index (χ1v) is 15.2. The van der Waals surface area contributed by atoms with Crippen molar-refractivity contribution >= 4 is 35.0 Å². The fourth-order valence-electron chi connectivity index (χ4n) is 7.97. The number of hydrogen-bond acceptors (Lipinski definition) is 4. The van der Waals surface area contributed by atoms with E-state index >= 15 is 0 Å². The van der Waals surface area contributed by atoms with Crippen LogP contribution in [0.4, 0.5) is 10.1 Å². The first-order valence-electron chi connectivity index (χ1n) is 14.9. The second-order valence-electron chi connectivity index (χ2n) is 12.9. The highest BCUT2D eigenvalue weighted by Crippen LogP contribution is 2.56. The molecule has 2 bridgehead atoms.